The third-order valence-electron chi connectivity index (χ3n) is 1.19. The Balaban J connectivity index is 3.13. The Hall–Kier alpha value is -0.260. The number of nitrogens with one attached hydrogen (secondary N) is 1. The SMILES string of the molecule is CCOCC(O)CNCC(F)F. The van der Waals surface area contributed by atoms with Crippen LogP contribution in [0.3, 0.4) is 0 Å². The molecule has 5 heteroatoms. The van der Waals surface area contributed by atoms with Crippen molar-refractivity contribution in [2.75, 3.05) is 26.3 Å². The molecule has 0 aliphatic heterocycles. The van der Waals surface area contributed by atoms with E-state index in [0.29, 0.717) is 6.61 Å². The molecule has 0 saturated carbocycles. The van der Waals surface area contributed by atoms with E-state index in [9.17, 15) is 8.78 Å². The highest BCUT2D eigenvalue weighted by atomic mass is 19.3. The maximum atomic E-state index is 11.6. The van der Waals surface area contributed by atoms with E-state index in [4.69, 9.17) is 9.84 Å². The quantitative estimate of drug-likeness (QED) is 0.594. The highest BCUT2D eigenvalue weighted by Crippen LogP contribution is 1.88. The lowest BCUT2D eigenvalue weighted by atomic mass is 10.4. The van der Waals surface area contributed by atoms with Gasteiger partial charge in [-0.3, -0.25) is 0 Å². The summed E-state index contributed by atoms with van der Waals surface area (Å²) in [6.07, 6.45) is -3.08. The Bertz CT molecular complexity index is 103. The molecular formula is C7H15F2NO2. The van der Waals surface area contributed by atoms with E-state index >= 15 is 0 Å². The predicted octanol–water partition coefficient (Wildman–Crippen LogP) is 0.238. The molecule has 0 heterocycles. The number of hydrogen-bond acceptors (Lipinski definition) is 3. The van der Waals surface area contributed by atoms with Crippen molar-refractivity contribution in [2.24, 2.45) is 0 Å². The summed E-state index contributed by atoms with van der Waals surface area (Å²) in [5, 5.41) is 11.5. The van der Waals surface area contributed by atoms with Crippen molar-refractivity contribution < 1.29 is 18.6 Å². The molecule has 0 aromatic rings. The normalized spacial score (nSPS) is 13.8. The van der Waals surface area contributed by atoms with Gasteiger partial charge in [0, 0.05) is 13.2 Å². The lowest BCUT2D eigenvalue weighted by Crippen LogP contribution is -2.33. The fourth-order valence-corrected chi connectivity index (χ4v) is 0.672. The largest absolute Gasteiger partial charge is 0.389 e. The standard InChI is InChI=1S/C7H15F2NO2/c1-2-12-5-6(11)3-10-4-7(8)9/h6-7,10-11H,2-5H2,1H3. The summed E-state index contributed by atoms with van der Waals surface area (Å²) in [7, 11) is 0. The van der Waals surface area contributed by atoms with E-state index in [2.05, 4.69) is 5.32 Å². The van der Waals surface area contributed by atoms with Gasteiger partial charge in [0.05, 0.1) is 19.3 Å². The monoisotopic (exact) mass is 183 g/mol. The van der Waals surface area contributed by atoms with Crippen molar-refractivity contribution >= 4 is 0 Å². The highest BCUT2D eigenvalue weighted by molar-refractivity contribution is 4.58. The van der Waals surface area contributed by atoms with Gasteiger partial charge in [0.25, 0.3) is 6.43 Å². The van der Waals surface area contributed by atoms with Crippen LogP contribution in [-0.4, -0.2) is 43.9 Å². The van der Waals surface area contributed by atoms with E-state index < -0.39 is 12.5 Å². The Morgan fingerprint density at radius 3 is 2.58 bits per heavy atom. The molecule has 3 nitrogen and oxygen atoms in total. The van der Waals surface area contributed by atoms with Crippen molar-refractivity contribution in [2.45, 2.75) is 19.5 Å². The van der Waals surface area contributed by atoms with Crippen molar-refractivity contribution in [3.8, 4) is 0 Å². The predicted molar refractivity (Wildman–Crippen MR) is 41.4 cm³/mol. The maximum Gasteiger partial charge on any atom is 0.250 e. The van der Waals surface area contributed by atoms with Crippen LogP contribution in [0, 0.1) is 0 Å². The zero-order valence-electron chi connectivity index (χ0n) is 7.09. The Morgan fingerprint density at radius 1 is 1.42 bits per heavy atom. The summed E-state index contributed by atoms with van der Waals surface area (Å²) < 4.78 is 28.0. The smallest absolute Gasteiger partial charge is 0.250 e. The van der Waals surface area contributed by atoms with Crippen LogP contribution in [0.15, 0.2) is 0 Å². The van der Waals surface area contributed by atoms with Gasteiger partial charge in [-0.15, -0.1) is 0 Å². The number of alkyl halides is 2. The van der Waals surface area contributed by atoms with E-state index in [0.717, 1.165) is 0 Å². The van der Waals surface area contributed by atoms with Crippen LogP contribution in [0.25, 0.3) is 0 Å². The molecule has 0 aromatic carbocycles. The van der Waals surface area contributed by atoms with E-state index in [1.54, 1.807) is 6.92 Å². The summed E-state index contributed by atoms with van der Waals surface area (Å²) in [5.74, 6) is 0. The molecule has 0 spiro atoms. The summed E-state index contributed by atoms with van der Waals surface area (Å²) in [4.78, 5) is 0. The van der Waals surface area contributed by atoms with Gasteiger partial charge < -0.3 is 15.2 Å². The van der Waals surface area contributed by atoms with Crippen molar-refractivity contribution in [1.29, 1.82) is 0 Å². The zero-order valence-corrected chi connectivity index (χ0v) is 7.09. The number of aliphatic hydroxyl groups is 1. The van der Waals surface area contributed by atoms with E-state index in [-0.39, 0.29) is 19.7 Å². The molecule has 1 atom stereocenters. The topological polar surface area (TPSA) is 41.5 Å². The van der Waals surface area contributed by atoms with Crippen molar-refractivity contribution in [1.82, 2.24) is 5.32 Å². The van der Waals surface area contributed by atoms with Crippen LogP contribution >= 0.6 is 0 Å². The molecule has 0 radical (unpaired) electrons. The molecule has 0 saturated heterocycles. The van der Waals surface area contributed by atoms with Crippen LogP contribution in [-0.2, 0) is 4.74 Å². The van der Waals surface area contributed by atoms with Gasteiger partial charge >= 0.3 is 0 Å². The number of ether oxygens (including phenoxy) is 1. The lowest BCUT2D eigenvalue weighted by Gasteiger charge is -2.10. The van der Waals surface area contributed by atoms with E-state index in [1.807, 2.05) is 0 Å². The van der Waals surface area contributed by atoms with Crippen molar-refractivity contribution in [3.63, 3.8) is 0 Å². The molecule has 74 valence electrons. The third-order valence-corrected chi connectivity index (χ3v) is 1.19. The van der Waals surface area contributed by atoms with Gasteiger partial charge in [0.15, 0.2) is 0 Å². The molecule has 12 heavy (non-hydrogen) atoms. The minimum atomic E-state index is -2.37. The van der Waals surface area contributed by atoms with Crippen LogP contribution in [0.4, 0.5) is 8.78 Å². The number of halogens is 2. The fraction of sp³-hybridized carbons (Fsp3) is 1.00. The number of aliphatic hydroxyl groups excluding tert-OH is 1. The molecule has 0 amide bonds. The minimum Gasteiger partial charge on any atom is -0.389 e. The first-order valence-corrected chi connectivity index (χ1v) is 3.91. The molecule has 0 fully saturated rings. The fourth-order valence-electron chi connectivity index (χ4n) is 0.672. The molecule has 2 N–H and O–H groups in total. The molecule has 0 aliphatic rings. The van der Waals surface area contributed by atoms with Crippen LogP contribution in [0.5, 0.6) is 0 Å². The van der Waals surface area contributed by atoms with E-state index in [1.165, 1.54) is 0 Å². The number of hydrogen-bond donors (Lipinski definition) is 2. The molecule has 1 unspecified atom stereocenters. The Morgan fingerprint density at radius 2 is 2.08 bits per heavy atom. The average Bonchev–Trinajstić information content (AvgIpc) is 2.00. The molecule has 0 aliphatic carbocycles. The van der Waals surface area contributed by atoms with Gasteiger partial charge in [-0.25, -0.2) is 8.78 Å². The molecule has 0 aromatic heterocycles. The molecular weight excluding hydrogens is 168 g/mol. The first-order valence-electron chi connectivity index (χ1n) is 3.91. The Labute approximate surface area is 70.7 Å². The van der Waals surface area contributed by atoms with Gasteiger partial charge in [-0.05, 0) is 6.92 Å². The minimum absolute atomic E-state index is 0.143. The van der Waals surface area contributed by atoms with Gasteiger partial charge in [0.1, 0.15) is 0 Å². The van der Waals surface area contributed by atoms with Crippen molar-refractivity contribution in [3.05, 3.63) is 0 Å². The summed E-state index contributed by atoms with van der Waals surface area (Å²) in [6.45, 7) is 2.27. The molecule has 0 bridgehead atoms. The second-order valence-corrected chi connectivity index (χ2v) is 2.36. The number of rotatable bonds is 7. The summed E-state index contributed by atoms with van der Waals surface area (Å²) in [6, 6.07) is 0. The zero-order chi connectivity index (χ0) is 9.40. The summed E-state index contributed by atoms with van der Waals surface area (Å²) >= 11 is 0. The first-order chi connectivity index (χ1) is 5.66. The average molecular weight is 183 g/mol. The summed E-state index contributed by atoms with van der Waals surface area (Å²) in [5.41, 5.74) is 0. The van der Waals surface area contributed by atoms with Crippen LogP contribution < -0.4 is 5.32 Å². The lowest BCUT2D eigenvalue weighted by molar-refractivity contribution is 0.0399. The van der Waals surface area contributed by atoms with Gasteiger partial charge in [-0.1, -0.05) is 0 Å². The highest BCUT2D eigenvalue weighted by Gasteiger charge is 2.05. The van der Waals surface area contributed by atoms with Crippen LogP contribution in [0.1, 0.15) is 6.92 Å². The maximum absolute atomic E-state index is 11.6. The second-order valence-electron chi connectivity index (χ2n) is 2.36. The molecule has 0 rings (SSSR count). The Kier molecular flexibility index (Phi) is 7.23. The second kappa shape index (κ2) is 7.39. The van der Waals surface area contributed by atoms with Gasteiger partial charge in [-0.2, -0.15) is 0 Å². The van der Waals surface area contributed by atoms with Crippen LogP contribution in [0.2, 0.25) is 0 Å². The van der Waals surface area contributed by atoms with Gasteiger partial charge in [0.2, 0.25) is 0 Å². The third kappa shape index (κ3) is 7.84. The first kappa shape index (κ1) is 11.7.